The average molecular weight is 224 g/mol. The lowest BCUT2D eigenvalue weighted by molar-refractivity contribution is -0.153. The van der Waals surface area contributed by atoms with Gasteiger partial charge in [0.15, 0.2) is 0 Å². The summed E-state index contributed by atoms with van der Waals surface area (Å²) in [5, 5.41) is 0. The molecule has 0 N–H and O–H groups in total. The molecule has 2 unspecified atom stereocenters. The fourth-order valence-corrected chi connectivity index (χ4v) is 2.14. The van der Waals surface area contributed by atoms with Crippen molar-refractivity contribution in [3.8, 4) is 0 Å². The van der Waals surface area contributed by atoms with Crippen LogP contribution in [0.3, 0.4) is 0 Å². The SMILES string of the molecule is C=COC(=O)C1CC1C(=O)OC1CCCC1. The van der Waals surface area contributed by atoms with Gasteiger partial charge in [-0.25, -0.2) is 0 Å². The molecule has 0 amide bonds. The molecule has 4 nitrogen and oxygen atoms in total. The molecule has 88 valence electrons. The fraction of sp³-hybridized carbons (Fsp3) is 0.667. The van der Waals surface area contributed by atoms with Gasteiger partial charge in [-0.1, -0.05) is 6.58 Å². The van der Waals surface area contributed by atoms with Gasteiger partial charge in [0.05, 0.1) is 18.1 Å². The Balaban J connectivity index is 1.75. The number of carbonyl (C=O) groups is 2. The van der Waals surface area contributed by atoms with E-state index in [1.54, 1.807) is 0 Å². The molecule has 2 saturated carbocycles. The van der Waals surface area contributed by atoms with Gasteiger partial charge in [0, 0.05) is 0 Å². The molecule has 0 aromatic heterocycles. The second kappa shape index (κ2) is 4.68. The highest BCUT2D eigenvalue weighted by Crippen LogP contribution is 2.41. The van der Waals surface area contributed by atoms with Crippen molar-refractivity contribution in [2.75, 3.05) is 0 Å². The highest BCUT2D eigenvalue weighted by molar-refractivity contribution is 5.87. The molecule has 2 fully saturated rings. The third-order valence-corrected chi connectivity index (χ3v) is 3.18. The van der Waals surface area contributed by atoms with Gasteiger partial charge in [0.2, 0.25) is 0 Å². The van der Waals surface area contributed by atoms with Crippen molar-refractivity contribution in [2.24, 2.45) is 11.8 Å². The van der Waals surface area contributed by atoms with Crippen LogP contribution in [0.1, 0.15) is 32.1 Å². The zero-order valence-electron chi connectivity index (χ0n) is 9.19. The Hall–Kier alpha value is -1.32. The first kappa shape index (κ1) is 11.2. The van der Waals surface area contributed by atoms with E-state index < -0.39 is 0 Å². The summed E-state index contributed by atoms with van der Waals surface area (Å²) in [6.45, 7) is 3.30. The molecule has 0 spiro atoms. The minimum absolute atomic E-state index is 0.0733. The van der Waals surface area contributed by atoms with E-state index in [-0.39, 0.29) is 29.9 Å². The second-order valence-corrected chi connectivity index (χ2v) is 4.40. The topological polar surface area (TPSA) is 52.6 Å². The Morgan fingerprint density at radius 3 is 2.38 bits per heavy atom. The summed E-state index contributed by atoms with van der Waals surface area (Å²) in [4.78, 5) is 22.9. The van der Waals surface area contributed by atoms with Gasteiger partial charge in [-0.3, -0.25) is 9.59 Å². The number of esters is 2. The molecule has 2 atom stereocenters. The van der Waals surface area contributed by atoms with Crippen LogP contribution in [0.4, 0.5) is 0 Å². The molecule has 0 radical (unpaired) electrons. The minimum Gasteiger partial charge on any atom is -0.462 e. The van der Waals surface area contributed by atoms with Gasteiger partial charge in [0.1, 0.15) is 6.10 Å². The summed E-state index contributed by atoms with van der Waals surface area (Å²) < 4.78 is 9.95. The van der Waals surface area contributed by atoms with Crippen molar-refractivity contribution in [3.63, 3.8) is 0 Å². The Bertz CT molecular complexity index is 304. The van der Waals surface area contributed by atoms with Gasteiger partial charge >= 0.3 is 11.9 Å². The number of hydrogen-bond donors (Lipinski definition) is 0. The van der Waals surface area contributed by atoms with Crippen molar-refractivity contribution in [2.45, 2.75) is 38.2 Å². The van der Waals surface area contributed by atoms with Gasteiger partial charge in [-0.2, -0.15) is 0 Å². The summed E-state index contributed by atoms with van der Waals surface area (Å²) in [5.41, 5.74) is 0. The van der Waals surface area contributed by atoms with Crippen molar-refractivity contribution >= 4 is 11.9 Å². The van der Waals surface area contributed by atoms with Gasteiger partial charge < -0.3 is 9.47 Å². The highest BCUT2D eigenvalue weighted by Gasteiger charge is 2.50. The molecular formula is C12H16O4. The molecule has 0 aliphatic heterocycles. The third kappa shape index (κ3) is 2.43. The Labute approximate surface area is 94.6 Å². The van der Waals surface area contributed by atoms with Crippen molar-refractivity contribution in [1.29, 1.82) is 0 Å². The van der Waals surface area contributed by atoms with Crippen LogP contribution in [0.5, 0.6) is 0 Å². The fourth-order valence-electron chi connectivity index (χ4n) is 2.14. The van der Waals surface area contributed by atoms with Crippen LogP contribution in [0.2, 0.25) is 0 Å². The van der Waals surface area contributed by atoms with Crippen molar-refractivity contribution in [3.05, 3.63) is 12.8 Å². The first-order valence-corrected chi connectivity index (χ1v) is 5.74. The third-order valence-electron chi connectivity index (χ3n) is 3.18. The molecule has 16 heavy (non-hydrogen) atoms. The lowest BCUT2D eigenvalue weighted by atomic mass is 10.3. The van der Waals surface area contributed by atoms with E-state index in [0.717, 1.165) is 31.9 Å². The predicted octanol–water partition coefficient (Wildman–Crippen LogP) is 1.79. The summed E-state index contributed by atoms with van der Waals surface area (Å²) in [6.07, 6.45) is 5.90. The van der Waals surface area contributed by atoms with Crippen LogP contribution < -0.4 is 0 Å². The summed E-state index contributed by atoms with van der Waals surface area (Å²) in [5.74, 6) is -1.21. The van der Waals surface area contributed by atoms with Gasteiger partial charge in [-0.05, 0) is 32.1 Å². The van der Waals surface area contributed by atoms with E-state index in [4.69, 9.17) is 4.74 Å². The molecule has 0 bridgehead atoms. The zero-order chi connectivity index (χ0) is 11.5. The molecule has 0 aromatic carbocycles. The average Bonchev–Trinajstić information content (AvgIpc) is 2.91. The highest BCUT2D eigenvalue weighted by atomic mass is 16.5. The lowest BCUT2D eigenvalue weighted by Crippen LogP contribution is -2.18. The van der Waals surface area contributed by atoms with Crippen LogP contribution in [-0.2, 0) is 19.1 Å². The number of ether oxygens (including phenoxy) is 2. The number of rotatable bonds is 4. The van der Waals surface area contributed by atoms with Crippen molar-refractivity contribution < 1.29 is 19.1 Å². The molecule has 0 saturated heterocycles. The predicted molar refractivity (Wildman–Crippen MR) is 56.2 cm³/mol. The minimum atomic E-state index is -0.372. The first-order valence-electron chi connectivity index (χ1n) is 5.74. The molecular weight excluding hydrogens is 208 g/mol. The normalized spacial score (nSPS) is 28.5. The molecule has 4 heteroatoms. The van der Waals surface area contributed by atoms with Gasteiger partial charge in [-0.15, -0.1) is 0 Å². The zero-order valence-corrected chi connectivity index (χ0v) is 9.19. The van der Waals surface area contributed by atoms with E-state index in [1.807, 2.05) is 0 Å². The van der Waals surface area contributed by atoms with Crippen LogP contribution in [0.25, 0.3) is 0 Å². The second-order valence-electron chi connectivity index (χ2n) is 4.40. The summed E-state index contributed by atoms with van der Waals surface area (Å²) in [7, 11) is 0. The van der Waals surface area contributed by atoms with Crippen LogP contribution in [-0.4, -0.2) is 18.0 Å². The molecule has 2 aliphatic rings. The maximum absolute atomic E-state index is 11.6. The maximum Gasteiger partial charge on any atom is 0.314 e. The maximum atomic E-state index is 11.6. The quantitative estimate of drug-likeness (QED) is 0.539. The number of hydrogen-bond acceptors (Lipinski definition) is 4. The Kier molecular flexibility index (Phi) is 3.27. The van der Waals surface area contributed by atoms with Crippen LogP contribution in [0.15, 0.2) is 12.8 Å². The van der Waals surface area contributed by atoms with E-state index in [0.29, 0.717) is 6.42 Å². The van der Waals surface area contributed by atoms with E-state index >= 15 is 0 Å². The van der Waals surface area contributed by atoms with Crippen molar-refractivity contribution in [1.82, 2.24) is 0 Å². The largest absolute Gasteiger partial charge is 0.462 e. The van der Waals surface area contributed by atoms with E-state index in [1.165, 1.54) is 0 Å². The molecule has 0 aromatic rings. The Morgan fingerprint density at radius 1 is 1.12 bits per heavy atom. The summed E-state index contributed by atoms with van der Waals surface area (Å²) >= 11 is 0. The monoisotopic (exact) mass is 224 g/mol. The summed E-state index contributed by atoms with van der Waals surface area (Å²) in [6, 6.07) is 0. The Morgan fingerprint density at radius 2 is 1.75 bits per heavy atom. The lowest BCUT2D eigenvalue weighted by Gasteiger charge is -2.10. The van der Waals surface area contributed by atoms with E-state index in [9.17, 15) is 9.59 Å². The molecule has 2 aliphatic carbocycles. The van der Waals surface area contributed by atoms with E-state index in [2.05, 4.69) is 11.3 Å². The van der Waals surface area contributed by atoms with Crippen LogP contribution >= 0.6 is 0 Å². The first-order chi connectivity index (χ1) is 7.72. The number of carbonyl (C=O) groups excluding carboxylic acids is 2. The molecule has 0 heterocycles. The van der Waals surface area contributed by atoms with Crippen LogP contribution in [0, 0.1) is 11.8 Å². The smallest absolute Gasteiger partial charge is 0.314 e. The molecule has 2 rings (SSSR count). The standard InChI is InChI=1S/C12H16O4/c1-2-15-11(13)9-7-10(9)12(14)16-8-5-3-4-6-8/h2,8-10H,1,3-7H2. The van der Waals surface area contributed by atoms with Gasteiger partial charge in [0.25, 0.3) is 0 Å².